The summed E-state index contributed by atoms with van der Waals surface area (Å²) in [4.78, 5) is 13.0. The molecular weight excluding hydrogens is 292 g/mol. The van der Waals surface area contributed by atoms with Gasteiger partial charge in [-0.1, -0.05) is 11.6 Å². The number of hydrogen-bond acceptors (Lipinski definition) is 3. The second kappa shape index (κ2) is 8.55. The number of halogens is 1. The molecule has 0 atom stereocenters. The highest BCUT2D eigenvalue weighted by atomic mass is 35.5. The molecule has 2 N–H and O–H groups in total. The van der Waals surface area contributed by atoms with Crippen LogP contribution in [-0.2, 0) is 4.79 Å². The van der Waals surface area contributed by atoms with E-state index >= 15 is 0 Å². The Labute approximate surface area is 129 Å². The Kier molecular flexibility index (Phi) is 6.70. The van der Waals surface area contributed by atoms with E-state index in [1.165, 1.54) is 4.90 Å². The van der Waals surface area contributed by atoms with E-state index in [9.17, 15) is 4.79 Å². The number of hydrogen-bond donors (Lipinski definition) is 2. The summed E-state index contributed by atoms with van der Waals surface area (Å²) in [7, 11) is 0. The molecule has 1 aliphatic heterocycles. The molecule has 0 aliphatic carbocycles. The SMILES string of the molecule is O=C(CCCSc1ccc(Cl)cc1)NC1CCNCC1. The lowest BCUT2D eigenvalue weighted by Crippen LogP contribution is -2.42. The molecule has 0 spiro atoms. The lowest BCUT2D eigenvalue weighted by molar-refractivity contribution is -0.121. The van der Waals surface area contributed by atoms with Crippen LogP contribution in [-0.4, -0.2) is 30.8 Å². The first-order valence-electron chi connectivity index (χ1n) is 7.12. The Morgan fingerprint density at radius 2 is 2.00 bits per heavy atom. The van der Waals surface area contributed by atoms with Crippen LogP contribution in [0.5, 0.6) is 0 Å². The molecule has 1 aromatic rings. The van der Waals surface area contributed by atoms with E-state index in [-0.39, 0.29) is 5.91 Å². The van der Waals surface area contributed by atoms with Gasteiger partial charge in [0.2, 0.25) is 5.91 Å². The van der Waals surface area contributed by atoms with Crippen molar-refractivity contribution in [3.8, 4) is 0 Å². The first-order chi connectivity index (χ1) is 9.74. The summed E-state index contributed by atoms with van der Waals surface area (Å²) in [6.45, 7) is 2.02. The van der Waals surface area contributed by atoms with Crippen LogP contribution in [0.3, 0.4) is 0 Å². The van der Waals surface area contributed by atoms with Crippen molar-refractivity contribution in [1.82, 2.24) is 10.6 Å². The molecule has 0 bridgehead atoms. The van der Waals surface area contributed by atoms with Crippen molar-refractivity contribution in [3.63, 3.8) is 0 Å². The Balaban J connectivity index is 1.58. The number of benzene rings is 1. The largest absolute Gasteiger partial charge is 0.353 e. The van der Waals surface area contributed by atoms with E-state index in [1.807, 2.05) is 24.3 Å². The molecule has 0 aromatic heterocycles. The number of nitrogens with one attached hydrogen (secondary N) is 2. The molecule has 0 radical (unpaired) electrons. The van der Waals surface area contributed by atoms with Crippen LogP contribution in [0.2, 0.25) is 5.02 Å². The summed E-state index contributed by atoms with van der Waals surface area (Å²) in [5.41, 5.74) is 0. The molecule has 3 nitrogen and oxygen atoms in total. The molecule has 0 unspecified atom stereocenters. The number of amides is 1. The average molecular weight is 313 g/mol. The van der Waals surface area contributed by atoms with Gasteiger partial charge in [-0.05, 0) is 62.4 Å². The second-order valence-electron chi connectivity index (χ2n) is 5.00. The zero-order valence-electron chi connectivity index (χ0n) is 11.5. The van der Waals surface area contributed by atoms with E-state index in [0.717, 1.165) is 43.1 Å². The van der Waals surface area contributed by atoms with Gasteiger partial charge in [0, 0.05) is 22.4 Å². The molecule has 2 rings (SSSR count). The van der Waals surface area contributed by atoms with Crippen LogP contribution in [0.25, 0.3) is 0 Å². The molecule has 20 heavy (non-hydrogen) atoms. The number of piperidine rings is 1. The fourth-order valence-electron chi connectivity index (χ4n) is 2.22. The molecule has 1 heterocycles. The van der Waals surface area contributed by atoms with Gasteiger partial charge in [-0.2, -0.15) is 0 Å². The highest BCUT2D eigenvalue weighted by Gasteiger charge is 2.14. The summed E-state index contributed by atoms with van der Waals surface area (Å²) >= 11 is 7.61. The van der Waals surface area contributed by atoms with Crippen LogP contribution in [0.15, 0.2) is 29.2 Å². The minimum Gasteiger partial charge on any atom is -0.353 e. The van der Waals surface area contributed by atoms with E-state index in [1.54, 1.807) is 11.8 Å². The Morgan fingerprint density at radius 3 is 2.70 bits per heavy atom. The third kappa shape index (κ3) is 5.73. The van der Waals surface area contributed by atoms with Crippen molar-refractivity contribution in [2.75, 3.05) is 18.8 Å². The molecule has 1 aliphatic rings. The fraction of sp³-hybridized carbons (Fsp3) is 0.533. The Hall–Kier alpha value is -0.710. The first kappa shape index (κ1) is 15.7. The predicted octanol–water partition coefficient (Wildman–Crippen LogP) is 3.08. The van der Waals surface area contributed by atoms with Gasteiger partial charge in [-0.3, -0.25) is 4.79 Å². The van der Waals surface area contributed by atoms with E-state index in [4.69, 9.17) is 11.6 Å². The molecule has 1 aromatic carbocycles. The number of rotatable bonds is 6. The zero-order valence-corrected chi connectivity index (χ0v) is 13.1. The maximum absolute atomic E-state index is 11.8. The van der Waals surface area contributed by atoms with Crippen LogP contribution >= 0.6 is 23.4 Å². The first-order valence-corrected chi connectivity index (χ1v) is 8.49. The topological polar surface area (TPSA) is 41.1 Å². The minimum atomic E-state index is 0.189. The molecule has 1 fully saturated rings. The molecule has 1 saturated heterocycles. The van der Waals surface area contributed by atoms with Crippen LogP contribution in [0, 0.1) is 0 Å². The van der Waals surface area contributed by atoms with E-state index < -0.39 is 0 Å². The molecule has 110 valence electrons. The minimum absolute atomic E-state index is 0.189. The number of carbonyl (C=O) groups is 1. The highest BCUT2D eigenvalue weighted by molar-refractivity contribution is 7.99. The third-order valence-corrected chi connectivity index (χ3v) is 4.69. The lowest BCUT2D eigenvalue weighted by Gasteiger charge is -2.23. The molecule has 0 saturated carbocycles. The normalized spacial score (nSPS) is 16.1. The van der Waals surface area contributed by atoms with Crippen LogP contribution < -0.4 is 10.6 Å². The zero-order chi connectivity index (χ0) is 14.2. The monoisotopic (exact) mass is 312 g/mol. The van der Waals surface area contributed by atoms with Crippen molar-refractivity contribution >= 4 is 29.3 Å². The predicted molar refractivity (Wildman–Crippen MR) is 85.4 cm³/mol. The van der Waals surface area contributed by atoms with Crippen molar-refractivity contribution < 1.29 is 4.79 Å². The molecule has 5 heteroatoms. The summed E-state index contributed by atoms with van der Waals surface area (Å²) in [5.74, 6) is 1.15. The van der Waals surface area contributed by atoms with Gasteiger partial charge in [0.1, 0.15) is 0 Å². The summed E-state index contributed by atoms with van der Waals surface area (Å²) in [6, 6.07) is 8.19. The van der Waals surface area contributed by atoms with Gasteiger partial charge in [0.25, 0.3) is 0 Å². The summed E-state index contributed by atoms with van der Waals surface area (Å²) in [5, 5.41) is 7.18. The second-order valence-corrected chi connectivity index (χ2v) is 6.60. The molecular formula is C15H21ClN2OS. The third-order valence-electron chi connectivity index (χ3n) is 3.33. The van der Waals surface area contributed by atoms with Crippen LogP contribution in [0.4, 0.5) is 0 Å². The fourth-order valence-corrected chi connectivity index (χ4v) is 3.20. The summed E-state index contributed by atoms with van der Waals surface area (Å²) < 4.78 is 0. The van der Waals surface area contributed by atoms with Crippen molar-refractivity contribution in [2.45, 2.75) is 36.6 Å². The van der Waals surface area contributed by atoms with Gasteiger partial charge >= 0.3 is 0 Å². The summed E-state index contributed by atoms with van der Waals surface area (Å²) in [6.07, 6.45) is 3.62. The van der Waals surface area contributed by atoms with Crippen molar-refractivity contribution in [1.29, 1.82) is 0 Å². The van der Waals surface area contributed by atoms with Crippen molar-refractivity contribution in [2.24, 2.45) is 0 Å². The van der Waals surface area contributed by atoms with Gasteiger partial charge < -0.3 is 10.6 Å². The number of thioether (sulfide) groups is 1. The smallest absolute Gasteiger partial charge is 0.220 e. The van der Waals surface area contributed by atoms with Crippen molar-refractivity contribution in [3.05, 3.63) is 29.3 Å². The van der Waals surface area contributed by atoms with E-state index in [2.05, 4.69) is 10.6 Å². The quantitative estimate of drug-likeness (QED) is 0.626. The van der Waals surface area contributed by atoms with Gasteiger partial charge in [-0.15, -0.1) is 11.8 Å². The molecule has 1 amide bonds. The van der Waals surface area contributed by atoms with Gasteiger partial charge in [-0.25, -0.2) is 0 Å². The van der Waals surface area contributed by atoms with E-state index in [0.29, 0.717) is 12.5 Å². The highest BCUT2D eigenvalue weighted by Crippen LogP contribution is 2.21. The average Bonchev–Trinajstić information content (AvgIpc) is 2.46. The maximum Gasteiger partial charge on any atom is 0.220 e. The Bertz CT molecular complexity index is 418. The Morgan fingerprint density at radius 1 is 1.30 bits per heavy atom. The lowest BCUT2D eigenvalue weighted by atomic mass is 10.1. The van der Waals surface area contributed by atoms with Gasteiger partial charge in [0.15, 0.2) is 0 Å². The van der Waals surface area contributed by atoms with Gasteiger partial charge in [0.05, 0.1) is 0 Å². The standard InChI is InChI=1S/C15H21ClN2OS/c16-12-3-5-14(6-4-12)20-11-1-2-15(19)18-13-7-9-17-10-8-13/h3-6,13,17H,1-2,7-11H2,(H,18,19). The van der Waals surface area contributed by atoms with Crippen LogP contribution in [0.1, 0.15) is 25.7 Å². The maximum atomic E-state index is 11.8. The number of carbonyl (C=O) groups excluding carboxylic acids is 1.